The summed E-state index contributed by atoms with van der Waals surface area (Å²) in [5.74, 6) is -0.353. The fraction of sp³-hybridized carbons (Fsp3) is 0.417. The number of aliphatic hydroxyl groups excluding tert-OH is 1. The first-order chi connectivity index (χ1) is 15.0. The minimum Gasteiger partial charge on any atom is -0.390 e. The Bertz CT molecular complexity index is 983. The average Bonchev–Trinajstić information content (AvgIpc) is 3.62. The van der Waals surface area contributed by atoms with Gasteiger partial charge in [0.05, 0.1) is 29.9 Å². The van der Waals surface area contributed by atoms with Crippen LogP contribution in [0.25, 0.3) is 0 Å². The van der Waals surface area contributed by atoms with Crippen LogP contribution in [0.15, 0.2) is 36.4 Å². The number of anilines is 2. The molecule has 1 unspecified atom stereocenters. The first-order valence-corrected chi connectivity index (χ1v) is 10.9. The highest BCUT2D eigenvalue weighted by Crippen LogP contribution is 2.36. The number of hydrogen-bond donors (Lipinski definition) is 3. The van der Waals surface area contributed by atoms with Gasteiger partial charge < -0.3 is 25.4 Å². The molecule has 1 heterocycles. The third-order valence-corrected chi connectivity index (χ3v) is 5.89. The molecule has 31 heavy (non-hydrogen) atoms. The highest BCUT2D eigenvalue weighted by atomic mass is 16.6. The lowest BCUT2D eigenvalue weighted by molar-refractivity contribution is 0.0980. The van der Waals surface area contributed by atoms with E-state index in [-0.39, 0.29) is 24.2 Å². The van der Waals surface area contributed by atoms with E-state index in [0.29, 0.717) is 53.3 Å². The van der Waals surface area contributed by atoms with E-state index >= 15 is 0 Å². The van der Waals surface area contributed by atoms with Gasteiger partial charge >= 0.3 is 0 Å². The number of rotatable bonds is 10. The van der Waals surface area contributed by atoms with Crippen molar-refractivity contribution in [3.8, 4) is 0 Å². The molecule has 4 rings (SSSR count). The maximum atomic E-state index is 13.4. The van der Waals surface area contributed by atoms with Crippen LogP contribution in [0.4, 0.5) is 11.4 Å². The van der Waals surface area contributed by atoms with Gasteiger partial charge in [0.15, 0.2) is 11.6 Å². The molecule has 0 radical (unpaired) electrons. The van der Waals surface area contributed by atoms with Gasteiger partial charge in [0.25, 0.3) is 0 Å². The molecule has 0 spiro atoms. The number of likely N-dealkylation sites (N-methyl/N-ethyl adjacent to an activating group) is 1. The molecular weight excluding hydrogens is 394 g/mol. The van der Waals surface area contributed by atoms with E-state index in [0.717, 1.165) is 13.1 Å². The van der Waals surface area contributed by atoms with E-state index in [1.165, 1.54) is 0 Å². The lowest BCUT2D eigenvalue weighted by Crippen LogP contribution is -2.36. The number of ketones is 2. The van der Waals surface area contributed by atoms with Gasteiger partial charge in [-0.25, -0.2) is 0 Å². The summed E-state index contributed by atoms with van der Waals surface area (Å²) >= 11 is 0. The number of carbonyl (C=O) groups is 2. The number of epoxide rings is 1. The maximum absolute atomic E-state index is 13.4. The first-order valence-electron chi connectivity index (χ1n) is 10.9. The van der Waals surface area contributed by atoms with Gasteiger partial charge in [-0.1, -0.05) is 38.1 Å². The third kappa shape index (κ3) is 4.49. The minimum atomic E-state index is -0.595. The third-order valence-electron chi connectivity index (χ3n) is 5.89. The van der Waals surface area contributed by atoms with Gasteiger partial charge in [-0.15, -0.1) is 0 Å². The molecule has 1 aliphatic carbocycles. The molecule has 2 atom stereocenters. The molecule has 7 nitrogen and oxygen atoms in total. The summed E-state index contributed by atoms with van der Waals surface area (Å²) in [6.45, 7) is 7.95. The molecule has 0 saturated carbocycles. The predicted octanol–water partition coefficient (Wildman–Crippen LogP) is 2.39. The highest BCUT2D eigenvalue weighted by Gasteiger charge is 2.34. The van der Waals surface area contributed by atoms with Crippen LogP contribution in [0.2, 0.25) is 0 Å². The van der Waals surface area contributed by atoms with Gasteiger partial charge in [0.1, 0.15) is 0 Å². The van der Waals surface area contributed by atoms with Crippen LogP contribution < -0.4 is 10.6 Å². The van der Waals surface area contributed by atoms with Crippen molar-refractivity contribution in [3.05, 3.63) is 58.7 Å². The lowest BCUT2D eigenvalue weighted by Gasteiger charge is -2.25. The normalized spacial score (nSPS) is 17.9. The molecule has 2 aliphatic rings. The van der Waals surface area contributed by atoms with Crippen LogP contribution in [-0.4, -0.2) is 73.1 Å². The number of nitrogens with zero attached hydrogens (tertiary/aromatic N) is 1. The van der Waals surface area contributed by atoms with Gasteiger partial charge in [-0.05, 0) is 25.2 Å². The van der Waals surface area contributed by atoms with Gasteiger partial charge in [-0.2, -0.15) is 0 Å². The Morgan fingerprint density at radius 1 is 1.00 bits per heavy atom. The molecular formula is C24H29N3O4. The second kappa shape index (κ2) is 9.18. The second-order valence-electron chi connectivity index (χ2n) is 7.97. The SMILES string of the molecule is CCN(CC)CC(O)CNc1ccc(NC[C@H]2CO2)c2c1C(=O)c1ccccc1C2=O. The number of fused-ring (bicyclic) bond motifs is 2. The molecule has 0 amide bonds. The van der Waals surface area contributed by atoms with Crippen molar-refractivity contribution < 1.29 is 19.4 Å². The standard InChI is InChI=1S/C24H29N3O4/c1-3-27(4-2)13-15(28)11-25-19-9-10-20(26-12-16-14-31-16)22-21(19)23(29)17-7-5-6-8-18(17)24(22)30/h5-10,15-16,25-26,28H,3-4,11-14H2,1-2H3/t15?,16-/m0/s1. The Morgan fingerprint density at radius 2 is 1.55 bits per heavy atom. The van der Waals surface area contributed by atoms with Gasteiger partial charge in [-0.3, -0.25) is 9.59 Å². The zero-order valence-corrected chi connectivity index (χ0v) is 18.0. The fourth-order valence-corrected chi connectivity index (χ4v) is 4.00. The van der Waals surface area contributed by atoms with E-state index in [1.54, 1.807) is 30.3 Å². The second-order valence-corrected chi connectivity index (χ2v) is 7.97. The van der Waals surface area contributed by atoms with Crippen LogP contribution in [0, 0.1) is 0 Å². The Labute approximate surface area is 182 Å². The summed E-state index contributed by atoms with van der Waals surface area (Å²) in [5, 5.41) is 16.9. The van der Waals surface area contributed by atoms with Crippen molar-refractivity contribution in [1.82, 2.24) is 4.90 Å². The van der Waals surface area contributed by atoms with Crippen LogP contribution in [0.1, 0.15) is 45.7 Å². The predicted molar refractivity (Wildman–Crippen MR) is 120 cm³/mol. The number of aliphatic hydroxyl groups is 1. The van der Waals surface area contributed by atoms with Crippen molar-refractivity contribution in [1.29, 1.82) is 0 Å². The van der Waals surface area contributed by atoms with Crippen LogP contribution in [0.5, 0.6) is 0 Å². The zero-order chi connectivity index (χ0) is 22.0. The quantitative estimate of drug-likeness (QED) is 0.431. The number of nitrogens with one attached hydrogen (secondary N) is 2. The van der Waals surface area contributed by atoms with Crippen molar-refractivity contribution in [2.24, 2.45) is 0 Å². The van der Waals surface area contributed by atoms with Gasteiger partial charge in [0.2, 0.25) is 0 Å². The summed E-state index contributed by atoms with van der Waals surface area (Å²) < 4.78 is 5.26. The van der Waals surface area contributed by atoms with E-state index < -0.39 is 6.10 Å². The smallest absolute Gasteiger partial charge is 0.196 e. The molecule has 1 aliphatic heterocycles. The summed E-state index contributed by atoms with van der Waals surface area (Å²) in [7, 11) is 0. The lowest BCUT2D eigenvalue weighted by atomic mass is 9.82. The molecule has 3 N–H and O–H groups in total. The summed E-state index contributed by atoms with van der Waals surface area (Å²) in [5.41, 5.74) is 2.77. The average molecular weight is 424 g/mol. The molecule has 2 aromatic carbocycles. The molecule has 164 valence electrons. The highest BCUT2D eigenvalue weighted by molar-refractivity contribution is 6.31. The Kier molecular flexibility index (Phi) is 6.36. The van der Waals surface area contributed by atoms with Crippen molar-refractivity contribution in [2.75, 3.05) is 50.0 Å². The zero-order valence-electron chi connectivity index (χ0n) is 18.0. The van der Waals surface area contributed by atoms with E-state index in [1.807, 2.05) is 6.07 Å². The van der Waals surface area contributed by atoms with Crippen molar-refractivity contribution in [2.45, 2.75) is 26.1 Å². The number of benzene rings is 2. The van der Waals surface area contributed by atoms with Crippen LogP contribution >= 0.6 is 0 Å². The largest absolute Gasteiger partial charge is 0.390 e. The maximum Gasteiger partial charge on any atom is 0.196 e. The number of hydrogen-bond acceptors (Lipinski definition) is 7. The fourth-order valence-electron chi connectivity index (χ4n) is 4.00. The van der Waals surface area contributed by atoms with Crippen LogP contribution in [0.3, 0.4) is 0 Å². The number of ether oxygens (including phenoxy) is 1. The summed E-state index contributed by atoms with van der Waals surface area (Å²) in [6, 6.07) is 10.5. The Hall–Kier alpha value is -2.74. The van der Waals surface area contributed by atoms with Crippen LogP contribution in [-0.2, 0) is 4.74 Å². The minimum absolute atomic E-state index is 0.144. The summed E-state index contributed by atoms with van der Waals surface area (Å²) in [6.07, 6.45) is -0.451. The topological polar surface area (TPSA) is 94.2 Å². The molecule has 1 saturated heterocycles. The monoisotopic (exact) mass is 423 g/mol. The molecule has 2 aromatic rings. The van der Waals surface area contributed by atoms with E-state index in [4.69, 9.17) is 4.74 Å². The Morgan fingerprint density at radius 3 is 2.06 bits per heavy atom. The Balaban J connectivity index is 1.64. The summed E-state index contributed by atoms with van der Waals surface area (Å²) in [4.78, 5) is 28.9. The molecule has 1 fully saturated rings. The van der Waals surface area contributed by atoms with E-state index in [2.05, 4.69) is 29.4 Å². The van der Waals surface area contributed by atoms with Crippen molar-refractivity contribution in [3.63, 3.8) is 0 Å². The van der Waals surface area contributed by atoms with Crippen molar-refractivity contribution >= 4 is 22.9 Å². The van der Waals surface area contributed by atoms with Gasteiger partial charge in [0, 0.05) is 42.1 Å². The first kappa shape index (κ1) is 21.5. The molecule has 0 bridgehead atoms. The number of carbonyl (C=O) groups excluding carboxylic acids is 2. The van der Waals surface area contributed by atoms with E-state index in [9.17, 15) is 14.7 Å². The molecule has 7 heteroatoms. The molecule has 0 aromatic heterocycles.